The molecule has 2 aliphatic rings. The highest BCUT2D eigenvalue weighted by Gasteiger charge is 2.49. The van der Waals surface area contributed by atoms with Gasteiger partial charge in [-0.25, -0.2) is 0 Å². The summed E-state index contributed by atoms with van der Waals surface area (Å²) < 4.78 is 2.52. The van der Waals surface area contributed by atoms with E-state index < -0.39 is 5.41 Å². The lowest BCUT2D eigenvalue weighted by Crippen LogP contribution is -2.37. The highest BCUT2D eigenvalue weighted by atomic mass is 32.2. The van der Waals surface area contributed by atoms with Crippen LogP contribution < -0.4 is 0 Å². The summed E-state index contributed by atoms with van der Waals surface area (Å²) in [5.41, 5.74) is 11.3. The summed E-state index contributed by atoms with van der Waals surface area (Å²) in [6.45, 7) is 0. The Morgan fingerprint density at radius 1 is 0.447 bits per heavy atom. The normalized spacial score (nSPS) is 16.1. The van der Waals surface area contributed by atoms with E-state index in [4.69, 9.17) is 0 Å². The second kappa shape index (κ2) is 9.25. The molecule has 0 saturated heterocycles. The Morgan fingerprint density at radius 3 is 2.04 bits per heavy atom. The Morgan fingerprint density at radius 2 is 1.11 bits per heavy atom. The zero-order valence-corrected chi connectivity index (χ0v) is 26.3. The zero-order chi connectivity index (χ0) is 30.7. The first kappa shape index (κ1) is 25.6. The third-order valence-electron chi connectivity index (χ3n) is 10.6. The van der Waals surface area contributed by atoms with E-state index in [-0.39, 0.29) is 0 Å². The van der Waals surface area contributed by atoms with E-state index in [1.54, 1.807) is 0 Å². The minimum Gasteiger partial charge on any atom is -0.309 e. The lowest BCUT2D eigenvalue weighted by Gasteiger charge is -2.45. The zero-order valence-electron chi connectivity index (χ0n) is 25.4. The van der Waals surface area contributed by atoms with Crippen LogP contribution in [0.1, 0.15) is 22.3 Å². The molecule has 1 aromatic heterocycles. The smallest absolute Gasteiger partial charge is 0.0764 e. The summed E-state index contributed by atoms with van der Waals surface area (Å²) >= 11 is 1.92. The molecule has 8 aromatic carbocycles. The highest BCUT2D eigenvalue weighted by molar-refractivity contribution is 7.99. The Labute approximate surface area is 276 Å². The molecule has 0 radical (unpaired) electrons. The average Bonchev–Trinajstić information content (AvgIpc) is 3.48. The van der Waals surface area contributed by atoms with Gasteiger partial charge in [0.15, 0.2) is 0 Å². The molecule has 1 nitrogen and oxygen atoms in total. The lowest BCUT2D eigenvalue weighted by atomic mass is 9.62. The molecule has 9 aromatic rings. The van der Waals surface area contributed by atoms with Crippen molar-refractivity contribution in [1.29, 1.82) is 0 Å². The Kier molecular flexibility index (Phi) is 5.04. The van der Waals surface area contributed by atoms with Gasteiger partial charge in [-0.3, -0.25) is 0 Å². The average molecular weight is 614 g/mol. The van der Waals surface area contributed by atoms with E-state index in [0.717, 1.165) is 0 Å². The molecule has 2 aliphatic heterocycles. The molecular weight excluding hydrogens is 587 g/mol. The van der Waals surface area contributed by atoms with Crippen molar-refractivity contribution in [1.82, 2.24) is 4.57 Å². The van der Waals surface area contributed by atoms with E-state index >= 15 is 0 Å². The maximum Gasteiger partial charge on any atom is 0.0764 e. The molecular formula is C45H27NS. The molecule has 3 heterocycles. The summed E-state index contributed by atoms with van der Waals surface area (Å²) in [4.78, 5) is 2.65. The first-order valence-corrected chi connectivity index (χ1v) is 17.1. The molecule has 218 valence electrons. The topological polar surface area (TPSA) is 4.93 Å². The molecule has 0 fully saturated rings. The summed E-state index contributed by atoms with van der Waals surface area (Å²) in [5.74, 6) is 0. The number of hydrogen-bond donors (Lipinski definition) is 0. The van der Waals surface area contributed by atoms with E-state index in [9.17, 15) is 0 Å². The predicted molar refractivity (Wildman–Crippen MR) is 197 cm³/mol. The molecule has 0 amide bonds. The van der Waals surface area contributed by atoms with Gasteiger partial charge in [0.25, 0.3) is 0 Å². The van der Waals surface area contributed by atoms with E-state index in [0.29, 0.717) is 0 Å². The van der Waals surface area contributed by atoms with Crippen molar-refractivity contribution >= 4 is 55.1 Å². The van der Waals surface area contributed by atoms with Gasteiger partial charge < -0.3 is 4.57 Å². The van der Waals surface area contributed by atoms with Crippen molar-refractivity contribution in [3.8, 4) is 16.8 Å². The Balaban J connectivity index is 1.29. The van der Waals surface area contributed by atoms with E-state index in [2.05, 4.69) is 168 Å². The van der Waals surface area contributed by atoms with Crippen LogP contribution in [0, 0.1) is 0 Å². The molecule has 11 rings (SSSR count). The molecule has 1 atom stereocenters. The van der Waals surface area contributed by atoms with Crippen LogP contribution in [0.5, 0.6) is 0 Å². The molecule has 0 aliphatic carbocycles. The summed E-state index contributed by atoms with van der Waals surface area (Å²) in [7, 11) is 0. The van der Waals surface area contributed by atoms with Crippen molar-refractivity contribution in [3.63, 3.8) is 0 Å². The number of nitrogens with zero attached hydrogens (tertiary/aromatic N) is 1. The van der Waals surface area contributed by atoms with Gasteiger partial charge >= 0.3 is 0 Å². The summed E-state index contributed by atoms with van der Waals surface area (Å²) in [6.07, 6.45) is 0. The van der Waals surface area contributed by atoms with Gasteiger partial charge in [-0.15, -0.1) is 0 Å². The van der Waals surface area contributed by atoms with Crippen LogP contribution in [0.15, 0.2) is 174 Å². The standard InChI is InChI=1S/C45H27NS/c1-2-12-31-28(11-1)23-24-29-25-26-30(27-35(29)31)32-14-9-19-39-44(32)47-42-22-8-5-17-37(42)45(39)36-16-4-7-21-41(36)46-40-20-6-3-13-33(40)34-15-10-18-38(45)43(34)46/h1-27H. The molecule has 0 bridgehead atoms. The fraction of sp³-hybridized carbons (Fsp3) is 0.0222. The largest absolute Gasteiger partial charge is 0.309 e. The molecule has 0 N–H and O–H groups in total. The molecule has 1 spiro atoms. The minimum absolute atomic E-state index is 0.475. The lowest BCUT2D eigenvalue weighted by molar-refractivity contribution is 0.690. The fourth-order valence-electron chi connectivity index (χ4n) is 8.74. The van der Waals surface area contributed by atoms with Crippen molar-refractivity contribution in [2.24, 2.45) is 0 Å². The van der Waals surface area contributed by atoms with E-state index in [1.807, 2.05) is 11.8 Å². The summed E-state index contributed by atoms with van der Waals surface area (Å²) in [6, 6.07) is 61.3. The number of rotatable bonds is 1. The second-order valence-electron chi connectivity index (χ2n) is 12.8. The first-order valence-electron chi connectivity index (χ1n) is 16.3. The van der Waals surface area contributed by atoms with Crippen molar-refractivity contribution in [2.75, 3.05) is 0 Å². The molecule has 1 unspecified atom stereocenters. The van der Waals surface area contributed by atoms with Crippen molar-refractivity contribution in [2.45, 2.75) is 15.2 Å². The first-order chi connectivity index (χ1) is 23.3. The van der Waals surface area contributed by atoms with Crippen LogP contribution in [0.3, 0.4) is 0 Å². The van der Waals surface area contributed by atoms with Crippen molar-refractivity contribution in [3.05, 3.63) is 186 Å². The van der Waals surface area contributed by atoms with Crippen LogP contribution in [0.25, 0.3) is 60.2 Å². The number of para-hydroxylation sites is 3. The van der Waals surface area contributed by atoms with Gasteiger partial charge in [0.1, 0.15) is 0 Å². The Hall–Kier alpha value is -5.57. The van der Waals surface area contributed by atoms with Crippen LogP contribution in [0.4, 0.5) is 0 Å². The summed E-state index contributed by atoms with van der Waals surface area (Å²) in [5, 5.41) is 7.75. The van der Waals surface area contributed by atoms with Gasteiger partial charge in [0.2, 0.25) is 0 Å². The quantitative estimate of drug-likeness (QED) is 0.167. The third kappa shape index (κ3) is 3.21. The fourth-order valence-corrected chi connectivity index (χ4v) is 10.1. The minimum atomic E-state index is -0.475. The van der Waals surface area contributed by atoms with Gasteiger partial charge in [-0.2, -0.15) is 0 Å². The number of aromatic nitrogens is 1. The highest BCUT2D eigenvalue weighted by Crippen LogP contribution is 2.61. The maximum absolute atomic E-state index is 2.52. The molecule has 47 heavy (non-hydrogen) atoms. The van der Waals surface area contributed by atoms with Crippen LogP contribution in [-0.4, -0.2) is 4.57 Å². The van der Waals surface area contributed by atoms with Crippen molar-refractivity contribution < 1.29 is 0 Å². The van der Waals surface area contributed by atoms with E-state index in [1.165, 1.54) is 92.2 Å². The van der Waals surface area contributed by atoms with Gasteiger partial charge in [0.05, 0.1) is 22.1 Å². The number of fused-ring (bicyclic) bond motifs is 14. The second-order valence-corrected chi connectivity index (χ2v) is 13.9. The Bertz CT molecular complexity index is 2790. The monoisotopic (exact) mass is 613 g/mol. The SMILES string of the molecule is c1ccc2c(c1)Sc1c(-c3ccc4ccc5ccccc5c4c3)cccc1C21c2ccccc2-n2c3ccccc3c3cccc1c32. The van der Waals surface area contributed by atoms with Crippen LogP contribution >= 0.6 is 11.8 Å². The van der Waals surface area contributed by atoms with Gasteiger partial charge in [0, 0.05) is 20.6 Å². The maximum atomic E-state index is 2.52. The molecule has 0 saturated carbocycles. The number of hydrogen-bond acceptors (Lipinski definition) is 1. The van der Waals surface area contributed by atoms with Crippen LogP contribution in [-0.2, 0) is 5.41 Å². The number of benzene rings is 8. The molecule has 2 heteroatoms. The van der Waals surface area contributed by atoms with Gasteiger partial charge in [-0.1, -0.05) is 151 Å². The van der Waals surface area contributed by atoms with Crippen LogP contribution in [0.2, 0.25) is 0 Å². The third-order valence-corrected chi connectivity index (χ3v) is 11.8. The predicted octanol–water partition coefficient (Wildman–Crippen LogP) is 11.9. The van der Waals surface area contributed by atoms with Gasteiger partial charge in [-0.05, 0) is 79.2 Å².